The average molecular weight is 629 g/mol. The first-order valence-corrected chi connectivity index (χ1v) is 16.1. The molecule has 4 aliphatic heterocycles. The van der Waals surface area contributed by atoms with Gasteiger partial charge >= 0.3 is 6.01 Å². The van der Waals surface area contributed by atoms with E-state index in [9.17, 15) is 13.9 Å². The van der Waals surface area contributed by atoms with Crippen molar-refractivity contribution < 1.29 is 23.0 Å². The second-order valence-electron chi connectivity index (χ2n) is 13.1. The molecule has 0 amide bonds. The quantitative estimate of drug-likeness (QED) is 0.290. The zero-order chi connectivity index (χ0) is 31.7. The van der Waals surface area contributed by atoms with Crippen LogP contribution in [0.4, 0.5) is 19.0 Å². The molecule has 4 aromatic rings. The maximum Gasteiger partial charge on any atom is 0.319 e. The van der Waals surface area contributed by atoms with Crippen molar-refractivity contribution in [1.82, 2.24) is 25.2 Å². The number of phenols is 1. The van der Waals surface area contributed by atoms with E-state index in [4.69, 9.17) is 21.1 Å². The lowest BCUT2D eigenvalue weighted by atomic mass is 9.95. The number of piperazine rings is 1. The van der Waals surface area contributed by atoms with Gasteiger partial charge in [0.2, 0.25) is 0 Å². The standard InChI is InChI=1S/C35H35F3N6O2/c1-3-22-24(37)7-6-19-14-21(45)15-23(28(19)22)31-30(38)32-29-26(40-31)8-9-27-25(4-2)39-11-13-44(27)33(29)42-34(41-32)46-18-35-10-5-12-43(35)17-20(36)16-35/h1,6-7,14-15,20,25,27,39,45H,4-5,8-13,16-18H2,2H3/t20-,25+,27-,35+/m1/s1. The van der Waals surface area contributed by atoms with E-state index in [-0.39, 0.29) is 58.2 Å². The maximum absolute atomic E-state index is 17.0. The highest BCUT2D eigenvalue weighted by atomic mass is 19.1. The zero-order valence-corrected chi connectivity index (χ0v) is 25.6. The molecular formula is C35H35F3N6O2. The average Bonchev–Trinajstić information content (AvgIpc) is 3.52. The van der Waals surface area contributed by atoms with E-state index in [1.54, 1.807) is 0 Å². The zero-order valence-electron chi connectivity index (χ0n) is 25.6. The van der Waals surface area contributed by atoms with Crippen LogP contribution in [-0.2, 0) is 6.42 Å². The van der Waals surface area contributed by atoms with Crippen LogP contribution in [-0.4, -0.2) is 81.5 Å². The Kier molecular flexibility index (Phi) is 6.99. The minimum absolute atomic E-state index is 0.0244. The molecule has 3 saturated heterocycles. The molecule has 4 aliphatic rings. The van der Waals surface area contributed by atoms with Gasteiger partial charge in [0.25, 0.3) is 0 Å². The fourth-order valence-electron chi connectivity index (χ4n) is 8.45. The van der Waals surface area contributed by atoms with Gasteiger partial charge < -0.3 is 20.1 Å². The molecule has 0 spiro atoms. The molecule has 2 aromatic carbocycles. The molecule has 46 heavy (non-hydrogen) atoms. The molecule has 3 fully saturated rings. The van der Waals surface area contributed by atoms with Crippen molar-refractivity contribution >= 4 is 27.5 Å². The number of aryl methyl sites for hydroxylation is 1. The third kappa shape index (κ3) is 4.48. The monoisotopic (exact) mass is 628 g/mol. The Bertz CT molecular complexity index is 1930. The Morgan fingerprint density at radius 1 is 1.17 bits per heavy atom. The van der Waals surface area contributed by atoms with Crippen LogP contribution in [0, 0.1) is 24.0 Å². The lowest BCUT2D eigenvalue weighted by molar-refractivity contribution is 0.107. The second kappa shape index (κ2) is 11.0. The SMILES string of the molecule is C#Cc1c(F)ccc2cc(O)cc(-c3nc4c5c(nc(OC[C@@]67CCCN6C[C@H](F)C7)nc5c3F)N3CCN[C@@H](CC)[C@H]3CC4)c12. The third-order valence-electron chi connectivity index (χ3n) is 10.5. The van der Waals surface area contributed by atoms with Crippen molar-refractivity contribution in [2.75, 3.05) is 37.7 Å². The lowest BCUT2D eigenvalue weighted by Gasteiger charge is -2.42. The summed E-state index contributed by atoms with van der Waals surface area (Å²) in [5.74, 6) is 1.48. The number of pyridine rings is 1. The van der Waals surface area contributed by atoms with Crippen LogP contribution in [0.2, 0.25) is 0 Å². The summed E-state index contributed by atoms with van der Waals surface area (Å²) in [6.45, 7) is 4.96. The molecule has 11 heteroatoms. The molecule has 0 bridgehead atoms. The maximum atomic E-state index is 17.0. The number of fused-ring (bicyclic) bond motifs is 4. The van der Waals surface area contributed by atoms with Gasteiger partial charge in [-0.05, 0) is 62.2 Å². The number of nitrogens with zero attached hydrogens (tertiary/aromatic N) is 5. The van der Waals surface area contributed by atoms with Crippen LogP contribution in [0.25, 0.3) is 32.9 Å². The number of benzene rings is 2. The van der Waals surface area contributed by atoms with Crippen molar-refractivity contribution in [1.29, 1.82) is 0 Å². The topological polar surface area (TPSA) is 86.6 Å². The molecule has 2 N–H and O–H groups in total. The van der Waals surface area contributed by atoms with Crippen LogP contribution >= 0.6 is 0 Å². The highest BCUT2D eigenvalue weighted by molar-refractivity contribution is 6.03. The molecule has 8 rings (SSSR count). The number of alkyl halides is 1. The van der Waals surface area contributed by atoms with Crippen molar-refractivity contribution in [2.45, 2.75) is 69.2 Å². The van der Waals surface area contributed by atoms with Crippen LogP contribution in [0.3, 0.4) is 0 Å². The van der Waals surface area contributed by atoms with E-state index in [0.717, 1.165) is 38.8 Å². The van der Waals surface area contributed by atoms with Crippen LogP contribution < -0.4 is 15.0 Å². The molecule has 0 radical (unpaired) electrons. The number of terminal acetylenes is 1. The van der Waals surface area contributed by atoms with E-state index >= 15 is 4.39 Å². The predicted octanol–water partition coefficient (Wildman–Crippen LogP) is 5.27. The van der Waals surface area contributed by atoms with Gasteiger partial charge in [0, 0.05) is 49.1 Å². The van der Waals surface area contributed by atoms with Crippen LogP contribution in [0.15, 0.2) is 24.3 Å². The van der Waals surface area contributed by atoms with Gasteiger partial charge in [0.15, 0.2) is 5.82 Å². The fourth-order valence-corrected chi connectivity index (χ4v) is 8.45. The molecule has 238 valence electrons. The first-order chi connectivity index (χ1) is 22.3. The van der Waals surface area contributed by atoms with Crippen LogP contribution in [0.1, 0.15) is 50.3 Å². The summed E-state index contributed by atoms with van der Waals surface area (Å²) < 4.78 is 52.8. The number of aromatic nitrogens is 3. The summed E-state index contributed by atoms with van der Waals surface area (Å²) in [5, 5.41) is 15.5. The van der Waals surface area contributed by atoms with Gasteiger partial charge in [0.05, 0.1) is 22.2 Å². The molecule has 2 aromatic heterocycles. The highest BCUT2D eigenvalue weighted by Gasteiger charge is 2.49. The second-order valence-corrected chi connectivity index (χ2v) is 13.1. The lowest BCUT2D eigenvalue weighted by Crippen LogP contribution is -2.58. The summed E-state index contributed by atoms with van der Waals surface area (Å²) >= 11 is 0. The number of aromatic hydroxyl groups is 1. The molecule has 6 heterocycles. The summed E-state index contributed by atoms with van der Waals surface area (Å²) in [4.78, 5) is 18.8. The Balaban J connectivity index is 1.33. The molecule has 4 atom stereocenters. The van der Waals surface area contributed by atoms with Gasteiger partial charge in [-0.15, -0.1) is 6.42 Å². The van der Waals surface area contributed by atoms with E-state index in [0.29, 0.717) is 48.2 Å². The van der Waals surface area contributed by atoms with E-state index in [2.05, 4.69) is 32.9 Å². The molecular weight excluding hydrogens is 593 g/mol. The van der Waals surface area contributed by atoms with Gasteiger partial charge in [-0.2, -0.15) is 9.97 Å². The minimum atomic E-state index is -0.915. The van der Waals surface area contributed by atoms with Crippen molar-refractivity contribution in [3.63, 3.8) is 0 Å². The van der Waals surface area contributed by atoms with Crippen LogP contribution in [0.5, 0.6) is 11.8 Å². The predicted molar refractivity (Wildman–Crippen MR) is 170 cm³/mol. The fraction of sp³-hybridized carbons (Fsp3) is 0.457. The number of hydrogen-bond donors (Lipinski definition) is 2. The summed E-state index contributed by atoms with van der Waals surface area (Å²) in [7, 11) is 0. The van der Waals surface area contributed by atoms with Crippen molar-refractivity contribution in [2.24, 2.45) is 0 Å². The van der Waals surface area contributed by atoms with E-state index in [1.165, 1.54) is 24.3 Å². The summed E-state index contributed by atoms with van der Waals surface area (Å²) in [5.41, 5.74) is 0.283. The van der Waals surface area contributed by atoms with Crippen molar-refractivity contribution in [3.05, 3.63) is 47.2 Å². The number of phenolic OH excluding ortho intramolecular Hbond substituents is 1. The van der Waals surface area contributed by atoms with Gasteiger partial charge in [0.1, 0.15) is 41.4 Å². The van der Waals surface area contributed by atoms with Gasteiger partial charge in [-0.1, -0.05) is 18.9 Å². The summed E-state index contributed by atoms with van der Waals surface area (Å²) in [6.07, 6.45) is 9.16. The van der Waals surface area contributed by atoms with Crippen molar-refractivity contribution in [3.8, 4) is 35.4 Å². The minimum Gasteiger partial charge on any atom is -0.508 e. The summed E-state index contributed by atoms with van der Waals surface area (Å²) in [6, 6.07) is 5.87. The smallest absolute Gasteiger partial charge is 0.319 e. The number of ether oxygens (including phenoxy) is 1. The number of anilines is 1. The normalized spacial score (nSPS) is 25.8. The Morgan fingerprint density at radius 2 is 2.04 bits per heavy atom. The molecule has 0 unspecified atom stereocenters. The number of halogens is 3. The largest absolute Gasteiger partial charge is 0.508 e. The Hall–Kier alpha value is -4.14. The van der Waals surface area contributed by atoms with E-state index in [1.807, 2.05) is 0 Å². The van der Waals surface area contributed by atoms with Gasteiger partial charge in [-0.25, -0.2) is 18.2 Å². The number of nitrogens with one attached hydrogen (secondary N) is 1. The van der Waals surface area contributed by atoms with E-state index < -0.39 is 23.3 Å². The van der Waals surface area contributed by atoms with Gasteiger partial charge in [-0.3, -0.25) is 4.90 Å². The molecule has 0 aliphatic carbocycles. The first kappa shape index (κ1) is 29.3. The third-order valence-corrected chi connectivity index (χ3v) is 10.5. The highest BCUT2D eigenvalue weighted by Crippen LogP contribution is 2.44. The molecule has 0 saturated carbocycles. The molecule has 8 nitrogen and oxygen atoms in total. The number of hydrogen-bond acceptors (Lipinski definition) is 8. The Labute approximate surface area is 265 Å². The first-order valence-electron chi connectivity index (χ1n) is 16.1. The Morgan fingerprint density at radius 3 is 2.87 bits per heavy atom. The number of rotatable bonds is 5.